The summed E-state index contributed by atoms with van der Waals surface area (Å²) in [6.07, 6.45) is 0.998. The highest BCUT2D eigenvalue weighted by molar-refractivity contribution is 6.29. The number of rotatable bonds is 6. The van der Waals surface area contributed by atoms with E-state index in [1.165, 1.54) is 0 Å². The summed E-state index contributed by atoms with van der Waals surface area (Å²) < 4.78 is 5.72. The number of para-hydroxylation sites is 1. The number of benzene rings is 2. The molecule has 0 saturated carbocycles. The second-order valence-electron chi connectivity index (χ2n) is 4.41. The van der Waals surface area contributed by atoms with Gasteiger partial charge in [0.25, 0.3) is 0 Å². The van der Waals surface area contributed by atoms with Gasteiger partial charge in [0, 0.05) is 0 Å². The van der Waals surface area contributed by atoms with Crippen LogP contribution in [0.15, 0.2) is 54.6 Å². The molecule has 0 aromatic heterocycles. The lowest BCUT2D eigenvalue weighted by molar-refractivity contribution is -0.136. The number of hydrogen-bond acceptors (Lipinski definition) is 2. The van der Waals surface area contributed by atoms with Crippen LogP contribution in [0.5, 0.6) is 11.5 Å². The van der Waals surface area contributed by atoms with Crippen LogP contribution in [0.2, 0.25) is 0 Å². The number of carboxylic acids is 1. The fourth-order valence-electron chi connectivity index (χ4n) is 1.81. The van der Waals surface area contributed by atoms with Gasteiger partial charge in [-0.2, -0.15) is 0 Å². The predicted octanol–water partition coefficient (Wildman–Crippen LogP) is 4.10. The first-order valence-corrected chi connectivity index (χ1v) is 6.77. The first-order valence-electron chi connectivity index (χ1n) is 6.34. The zero-order chi connectivity index (χ0) is 14.4. The highest BCUT2D eigenvalue weighted by Gasteiger charge is 2.13. The Morgan fingerprint density at radius 1 is 1.10 bits per heavy atom. The fraction of sp³-hybridized carbons (Fsp3) is 0.188. The van der Waals surface area contributed by atoms with Crippen LogP contribution in [0.25, 0.3) is 0 Å². The number of hydrogen-bond donors (Lipinski definition) is 1. The second-order valence-corrected chi connectivity index (χ2v) is 4.93. The van der Waals surface area contributed by atoms with E-state index in [0.29, 0.717) is 12.8 Å². The van der Waals surface area contributed by atoms with E-state index in [9.17, 15) is 4.79 Å². The normalized spacial score (nSPS) is 11.8. The van der Waals surface area contributed by atoms with E-state index in [1.54, 1.807) is 0 Å². The van der Waals surface area contributed by atoms with Gasteiger partial charge < -0.3 is 9.84 Å². The van der Waals surface area contributed by atoms with E-state index in [4.69, 9.17) is 21.4 Å². The van der Waals surface area contributed by atoms with E-state index in [-0.39, 0.29) is 0 Å². The predicted molar refractivity (Wildman–Crippen MR) is 78.6 cm³/mol. The lowest BCUT2D eigenvalue weighted by atomic mass is 10.1. The minimum Gasteiger partial charge on any atom is -0.480 e. The minimum absolute atomic E-state index is 0.395. The quantitative estimate of drug-likeness (QED) is 0.815. The first-order chi connectivity index (χ1) is 9.65. The van der Waals surface area contributed by atoms with Crippen molar-refractivity contribution in [3.05, 3.63) is 60.2 Å². The molecule has 0 heterocycles. The van der Waals surface area contributed by atoms with Gasteiger partial charge >= 0.3 is 5.97 Å². The number of halogens is 1. The largest absolute Gasteiger partial charge is 0.480 e. The summed E-state index contributed by atoms with van der Waals surface area (Å²) in [4.78, 5) is 10.7. The molecule has 20 heavy (non-hydrogen) atoms. The Hall–Kier alpha value is -2.00. The van der Waals surface area contributed by atoms with Gasteiger partial charge in [-0.05, 0) is 42.7 Å². The third-order valence-electron chi connectivity index (χ3n) is 2.83. The molecule has 0 fully saturated rings. The lowest BCUT2D eigenvalue weighted by Crippen LogP contribution is -2.13. The molecule has 0 radical (unpaired) electrons. The van der Waals surface area contributed by atoms with Crippen LogP contribution in [-0.4, -0.2) is 16.5 Å². The van der Waals surface area contributed by atoms with Gasteiger partial charge in [0.05, 0.1) is 0 Å². The maximum absolute atomic E-state index is 10.7. The molecule has 0 aliphatic rings. The Morgan fingerprint density at radius 2 is 1.80 bits per heavy atom. The Labute approximate surface area is 122 Å². The van der Waals surface area contributed by atoms with Gasteiger partial charge in [-0.1, -0.05) is 30.3 Å². The summed E-state index contributed by atoms with van der Waals surface area (Å²) >= 11 is 5.70. The zero-order valence-corrected chi connectivity index (χ0v) is 11.6. The summed E-state index contributed by atoms with van der Waals surface area (Å²) in [5, 5.41) is 7.90. The molecule has 1 atom stereocenters. The number of ether oxygens (including phenoxy) is 1. The van der Waals surface area contributed by atoms with E-state index < -0.39 is 11.3 Å². The Bertz CT molecular complexity index is 569. The zero-order valence-electron chi connectivity index (χ0n) is 10.8. The lowest BCUT2D eigenvalue weighted by Gasteiger charge is -2.08. The standard InChI is InChI=1S/C16H15ClO3/c17-15(16(18)19)10-9-12-5-4-8-14(11-12)20-13-6-2-1-3-7-13/h1-8,11,15H,9-10H2,(H,18,19). The SMILES string of the molecule is O=C(O)C(Cl)CCc1cccc(Oc2ccccc2)c1. The van der Waals surface area contributed by atoms with Gasteiger partial charge in [0.1, 0.15) is 16.9 Å². The van der Waals surface area contributed by atoms with Crippen molar-refractivity contribution in [2.75, 3.05) is 0 Å². The molecule has 1 unspecified atom stereocenters. The molecule has 2 aromatic carbocycles. The molecule has 0 amide bonds. The molecule has 0 aliphatic heterocycles. The van der Waals surface area contributed by atoms with E-state index in [0.717, 1.165) is 17.1 Å². The third-order valence-corrected chi connectivity index (χ3v) is 3.24. The molecule has 4 heteroatoms. The summed E-state index contributed by atoms with van der Waals surface area (Å²) in [5.41, 5.74) is 1.00. The van der Waals surface area contributed by atoms with Crippen molar-refractivity contribution in [1.82, 2.24) is 0 Å². The summed E-state index contributed by atoms with van der Waals surface area (Å²) in [6.45, 7) is 0. The van der Waals surface area contributed by atoms with Crippen molar-refractivity contribution in [2.45, 2.75) is 18.2 Å². The first kappa shape index (κ1) is 14.4. The van der Waals surface area contributed by atoms with Gasteiger partial charge in [0.2, 0.25) is 0 Å². The van der Waals surface area contributed by atoms with Crippen LogP contribution in [0.1, 0.15) is 12.0 Å². The van der Waals surface area contributed by atoms with Crippen LogP contribution in [-0.2, 0) is 11.2 Å². The topological polar surface area (TPSA) is 46.5 Å². The molecule has 2 aromatic rings. The molecular weight excluding hydrogens is 276 g/mol. The Balaban J connectivity index is 1.99. The number of aryl methyl sites for hydroxylation is 1. The number of carbonyl (C=O) groups is 1. The number of aliphatic carboxylic acids is 1. The van der Waals surface area contributed by atoms with Gasteiger partial charge in [-0.3, -0.25) is 4.79 Å². The van der Waals surface area contributed by atoms with E-state index >= 15 is 0 Å². The summed E-state index contributed by atoms with van der Waals surface area (Å²) in [5.74, 6) is 0.518. The van der Waals surface area contributed by atoms with Gasteiger partial charge in [-0.25, -0.2) is 0 Å². The smallest absolute Gasteiger partial charge is 0.321 e. The van der Waals surface area contributed by atoms with E-state index in [2.05, 4.69) is 0 Å². The highest BCUT2D eigenvalue weighted by Crippen LogP contribution is 2.22. The Kier molecular flexibility index (Phi) is 5.02. The van der Waals surface area contributed by atoms with Crippen molar-refractivity contribution in [3.63, 3.8) is 0 Å². The maximum Gasteiger partial charge on any atom is 0.321 e. The van der Waals surface area contributed by atoms with Crippen molar-refractivity contribution < 1.29 is 14.6 Å². The van der Waals surface area contributed by atoms with Crippen LogP contribution in [0, 0.1) is 0 Å². The number of carboxylic acid groups (broad SMARTS) is 1. The molecule has 0 aliphatic carbocycles. The monoisotopic (exact) mass is 290 g/mol. The van der Waals surface area contributed by atoms with Crippen molar-refractivity contribution in [3.8, 4) is 11.5 Å². The van der Waals surface area contributed by atoms with Crippen molar-refractivity contribution >= 4 is 17.6 Å². The summed E-state index contributed by atoms with van der Waals surface area (Å²) in [7, 11) is 0. The Morgan fingerprint density at radius 3 is 2.50 bits per heavy atom. The average Bonchev–Trinajstić information content (AvgIpc) is 2.46. The van der Waals surface area contributed by atoms with Gasteiger partial charge in [0.15, 0.2) is 0 Å². The maximum atomic E-state index is 10.7. The van der Waals surface area contributed by atoms with Crippen molar-refractivity contribution in [2.24, 2.45) is 0 Å². The molecule has 0 bridgehead atoms. The molecule has 104 valence electrons. The average molecular weight is 291 g/mol. The van der Waals surface area contributed by atoms with Crippen LogP contribution in [0.4, 0.5) is 0 Å². The minimum atomic E-state index is -0.983. The van der Waals surface area contributed by atoms with E-state index in [1.807, 2.05) is 54.6 Å². The second kappa shape index (κ2) is 6.96. The van der Waals surface area contributed by atoms with Crippen LogP contribution in [0.3, 0.4) is 0 Å². The molecule has 2 rings (SSSR count). The molecule has 0 saturated heterocycles. The third kappa shape index (κ3) is 4.28. The molecule has 0 spiro atoms. The highest BCUT2D eigenvalue weighted by atomic mass is 35.5. The molecule has 3 nitrogen and oxygen atoms in total. The molecular formula is C16H15ClO3. The van der Waals surface area contributed by atoms with Crippen LogP contribution >= 0.6 is 11.6 Å². The molecule has 1 N–H and O–H groups in total. The summed E-state index contributed by atoms with van der Waals surface area (Å²) in [6, 6.07) is 17.1. The van der Waals surface area contributed by atoms with Gasteiger partial charge in [-0.15, -0.1) is 11.6 Å². The number of alkyl halides is 1. The van der Waals surface area contributed by atoms with Crippen molar-refractivity contribution in [1.29, 1.82) is 0 Å². The van der Waals surface area contributed by atoms with Crippen LogP contribution < -0.4 is 4.74 Å². The fourth-order valence-corrected chi connectivity index (χ4v) is 1.92.